The minimum Gasteiger partial charge on any atom is -0.369 e. The molecule has 8 heteroatoms. The Morgan fingerprint density at radius 2 is 1.88 bits per heavy atom. The molecule has 0 unspecified atom stereocenters. The van der Waals surface area contributed by atoms with E-state index in [1.54, 1.807) is 0 Å². The number of amides is 1. The van der Waals surface area contributed by atoms with Crippen LogP contribution in [0.5, 0.6) is 0 Å². The van der Waals surface area contributed by atoms with E-state index in [0.717, 1.165) is 4.90 Å². The minimum atomic E-state index is -5.14. The van der Waals surface area contributed by atoms with E-state index in [2.05, 4.69) is 10.1 Å². The van der Waals surface area contributed by atoms with Crippen LogP contribution in [0.25, 0.3) is 0 Å². The van der Waals surface area contributed by atoms with Crippen molar-refractivity contribution in [2.45, 2.75) is 12.6 Å². The summed E-state index contributed by atoms with van der Waals surface area (Å²) in [6.07, 6.45) is -5.78. The van der Waals surface area contributed by atoms with Gasteiger partial charge in [-0.05, 0) is 13.0 Å². The normalized spacial score (nSPS) is 17.8. The van der Waals surface area contributed by atoms with Gasteiger partial charge in [-0.25, -0.2) is 9.59 Å². The summed E-state index contributed by atoms with van der Waals surface area (Å²) < 4.78 is 39.1. The summed E-state index contributed by atoms with van der Waals surface area (Å²) in [5.74, 6) is -2.48. The van der Waals surface area contributed by atoms with Gasteiger partial charge in [-0.3, -0.25) is 0 Å². The average Bonchev–Trinajstić information content (AvgIpc) is 2.43. The topological polar surface area (TPSA) is 58.6 Å². The second-order valence-corrected chi connectivity index (χ2v) is 3.24. The Hall–Kier alpha value is -1.31. The Morgan fingerprint density at radius 3 is 2.50 bits per heavy atom. The number of hydrogen-bond acceptors (Lipinski definition) is 4. The number of nitrogens with zero attached hydrogens (tertiary/aromatic N) is 1. The van der Waals surface area contributed by atoms with E-state index in [4.69, 9.17) is 0 Å². The Morgan fingerprint density at radius 1 is 1.19 bits per heavy atom. The third-order valence-electron chi connectivity index (χ3n) is 2.01. The largest absolute Gasteiger partial charge is 0.491 e. The van der Waals surface area contributed by atoms with Crippen LogP contribution < -0.4 is 5.32 Å². The predicted molar refractivity (Wildman–Crippen MR) is 46.6 cm³/mol. The van der Waals surface area contributed by atoms with Crippen LogP contribution in [0.4, 0.5) is 18.0 Å². The Bertz CT molecular complexity index is 272. The zero-order valence-electron chi connectivity index (χ0n) is 8.34. The first-order valence-corrected chi connectivity index (χ1v) is 4.70. The minimum absolute atomic E-state index is 0.226. The number of carbonyl (C=O) groups is 2. The van der Waals surface area contributed by atoms with Gasteiger partial charge in [0.1, 0.15) is 0 Å². The van der Waals surface area contributed by atoms with E-state index in [9.17, 15) is 22.8 Å². The maximum Gasteiger partial charge on any atom is 0.491 e. The smallest absolute Gasteiger partial charge is 0.369 e. The second kappa shape index (κ2) is 5.15. The highest BCUT2D eigenvalue weighted by Crippen LogP contribution is 2.17. The van der Waals surface area contributed by atoms with Crippen LogP contribution in [0, 0.1) is 0 Å². The predicted octanol–water partition coefficient (Wildman–Crippen LogP) is 0.507. The number of hydrogen-bond donors (Lipinski definition) is 1. The van der Waals surface area contributed by atoms with Gasteiger partial charge in [0.05, 0.1) is 0 Å². The fraction of sp³-hybridized carbons (Fsp3) is 0.750. The average molecular weight is 240 g/mol. The zero-order valence-corrected chi connectivity index (χ0v) is 8.34. The van der Waals surface area contributed by atoms with Crippen LogP contribution in [0.15, 0.2) is 0 Å². The first kappa shape index (κ1) is 12.8. The van der Waals surface area contributed by atoms with E-state index < -0.39 is 18.2 Å². The molecule has 0 radical (unpaired) electrons. The van der Waals surface area contributed by atoms with Gasteiger partial charge in [0.2, 0.25) is 0 Å². The maximum atomic E-state index is 11.8. The van der Waals surface area contributed by atoms with E-state index in [-0.39, 0.29) is 13.1 Å². The molecular formula is C8H11F3N2O3. The molecule has 92 valence electrons. The van der Waals surface area contributed by atoms with Crippen molar-refractivity contribution in [2.24, 2.45) is 0 Å². The summed E-state index contributed by atoms with van der Waals surface area (Å²) in [4.78, 5) is 22.6. The first-order chi connectivity index (χ1) is 7.41. The van der Waals surface area contributed by atoms with Crippen LogP contribution >= 0.6 is 0 Å². The van der Waals surface area contributed by atoms with Crippen molar-refractivity contribution in [3.8, 4) is 0 Å². The molecule has 1 aliphatic heterocycles. The summed E-state index contributed by atoms with van der Waals surface area (Å²) in [5, 5.41) is 2.96. The molecule has 5 nitrogen and oxygen atoms in total. The molecule has 0 atom stereocenters. The third-order valence-corrected chi connectivity index (χ3v) is 2.01. The molecule has 0 aromatic carbocycles. The highest BCUT2D eigenvalue weighted by molar-refractivity contribution is 5.87. The Kier molecular flexibility index (Phi) is 4.11. The molecule has 1 N–H and O–H groups in total. The van der Waals surface area contributed by atoms with E-state index in [1.807, 2.05) is 0 Å². The van der Waals surface area contributed by atoms with Crippen molar-refractivity contribution in [3.63, 3.8) is 0 Å². The quantitative estimate of drug-likeness (QED) is 0.495. The molecule has 1 fully saturated rings. The summed E-state index contributed by atoms with van der Waals surface area (Å²) in [7, 11) is 0. The van der Waals surface area contributed by atoms with E-state index >= 15 is 0 Å². The van der Waals surface area contributed by atoms with Crippen LogP contribution in [-0.2, 0) is 9.53 Å². The Balaban J connectivity index is 2.48. The molecule has 1 rings (SSSR count). The molecule has 1 aliphatic rings. The lowest BCUT2D eigenvalue weighted by Crippen LogP contribution is -2.38. The fourth-order valence-corrected chi connectivity index (χ4v) is 1.23. The monoisotopic (exact) mass is 240 g/mol. The summed E-state index contributed by atoms with van der Waals surface area (Å²) >= 11 is 0. The number of halogens is 3. The van der Waals surface area contributed by atoms with E-state index in [1.165, 1.54) is 0 Å². The number of rotatable bonds is 0. The molecule has 1 heterocycles. The van der Waals surface area contributed by atoms with Crippen molar-refractivity contribution in [1.82, 2.24) is 10.2 Å². The highest BCUT2D eigenvalue weighted by Gasteiger charge is 2.43. The van der Waals surface area contributed by atoms with Gasteiger partial charge in [-0.15, -0.1) is 0 Å². The second-order valence-electron chi connectivity index (χ2n) is 3.24. The van der Waals surface area contributed by atoms with Gasteiger partial charge in [0, 0.05) is 19.6 Å². The standard InChI is InChI=1S/C8H11F3N2O3/c9-8(10,11)6(14)16-7(15)13-4-1-2-12-3-5-13/h12H,1-5H2. The highest BCUT2D eigenvalue weighted by atomic mass is 19.4. The molecule has 0 saturated carbocycles. The van der Waals surface area contributed by atoms with Crippen LogP contribution in [0.3, 0.4) is 0 Å². The van der Waals surface area contributed by atoms with Gasteiger partial charge in [-0.2, -0.15) is 13.2 Å². The molecule has 0 aliphatic carbocycles. The maximum absolute atomic E-state index is 11.8. The molecular weight excluding hydrogens is 229 g/mol. The van der Waals surface area contributed by atoms with Crippen molar-refractivity contribution in [3.05, 3.63) is 0 Å². The number of ether oxygens (including phenoxy) is 1. The van der Waals surface area contributed by atoms with Gasteiger partial charge in [-0.1, -0.05) is 0 Å². The van der Waals surface area contributed by atoms with Crippen LogP contribution in [-0.4, -0.2) is 49.3 Å². The lowest BCUT2D eigenvalue weighted by atomic mass is 10.4. The molecule has 0 aromatic rings. The number of carbonyl (C=O) groups excluding carboxylic acids is 2. The molecule has 0 aromatic heterocycles. The fourth-order valence-electron chi connectivity index (χ4n) is 1.23. The lowest BCUT2D eigenvalue weighted by molar-refractivity contribution is -0.193. The van der Waals surface area contributed by atoms with Crippen molar-refractivity contribution >= 4 is 12.1 Å². The van der Waals surface area contributed by atoms with Crippen molar-refractivity contribution in [1.29, 1.82) is 0 Å². The summed E-state index contributed by atoms with van der Waals surface area (Å²) in [5.41, 5.74) is 0. The van der Waals surface area contributed by atoms with Gasteiger partial charge in [0.25, 0.3) is 0 Å². The van der Waals surface area contributed by atoms with Gasteiger partial charge in [0.15, 0.2) is 0 Å². The van der Waals surface area contributed by atoms with Crippen molar-refractivity contribution in [2.75, 3.05) is 26.2 Å². The van der Waals surface area contributed by atoms with Crippen LogP contribution in [0.1, 0.15) is 6.42 Å². The summed E-state index contributed by atoms with van der Waals surface area (Å²) in [6.45, 7) is 1.65. The molecule has 0 spiro atoms. The van der Waals surface area contributed by atoms with Gasteiger partial charge < -0.3 is 15.0 Å². The molecule has 1 saturated heterocycles. The van der Waals surface area contributed by atoms with Gasteiger partial charge >= 0.3 is 18.2 Å². The Labute approximate surface area is 89.5 Å². The third kappa shape index (κ3) is 3.69. The van der Waals surface area contributed by atoms with Crippen molar-refractivity contribution < 1.29 is 27.5 Å². The number of nitrogens with one attached hydrogen (secondary N) is 1. The number of esters is 1. The SMILES string of the molecule is O=C(OC(=O)C(F)(F)F)N1CCCNCC1. The molecule has 16 heavy (non-hydrogen) atoms. The molecule has 1 amide bonds. The summed E-state index contributed by atoms with van der Waals surface area (Å²) in [6, 6.07) is 0. The van der Waals surface area contributed by atoms with Crippen LogP contribution in [0.2, 0.25) is 0 Å². The zero-order chi connectivity index (χ0) is 12.2. The molecule has 0 bridgehead atoms. The first-order valence-electron chi connectivity index (χ1n) is 4.70. The lowest BCUT2D eigenvalue weighted by Gasteiger charge is -2.18. The van der Waals surface area contributed by atoms with E-state index in [0.29, 0.717) is 19.5 Å². The number of alkyl halides is 3.